The Hall–Kier alpha value is -3.37. The fourth-order valence-corrected chi connectivity index (χ4v) is 5.69. The second-order valence-corrected chi connectivity index (χ2v) is 10.1. The van der Waals surface area contributed by atoms with Crippen LogP contribution in [-0.4, -0.2) is 41.9 Å². The Morgan fingerprint density at radius 2 is 2.03 bits per heavy atom. The molecular weight excluding hydrogens is 459 g/mol. The average Bonchev–Trinajstić information content (AvgIpc) is 3.19. The predicted octanol–water partition coefficient (Wildman–Crippen LogP) is 4.04. The van der Waals surface area contributed by atoms with E-state index in [0.29, 0.717) is 24.2 Å². The van der Waals surface area contributed by atoms with Gasteiger partial charge in [0.1, 0.15) is 17.3 Å². The number of carbonyl (C=O) groups is 1. The zero-order chi connectivity index (χ0) is 24.3. The molecule has 1 fully saturated rings. The molecule has 1 N–H and O–H groups in total. The summed E-state index contributed by atoms with van der Waals surface area (Å²) in [5, 5.41) is 6.59. The van der Waals surface area contributed by atoms with Gasteiger partial charge in [-0.05, 0) is 62.6 Å². The van der Waals surface area contributed by atoms with Gasteiger partial charge < -0.3 is 9.84 Å². The maximum atomic E-state index is 14.0. The molecule has 1 aliphatic heterocycles. The summed E-state index contributed by atoms with van der Waals surface area (Å²) in [6.45, 7) is 3.73. The molecule has 0 saturated carbocycles. The molecular formula is C24H25FN4O4S. The van der Waals surface area contributed by atoms with Crippen LogP contribution < -0.4 is 5.32 Å². The van der Waals surface area contributed by atoms with Crippen LogP contribution in [-0.2, 0) is 14.8 Å². The van der Waals surface area contributed by atoms with E-state index in [4.69, 9.17) is 4.52 Å². The van der Waals surface area contributed by atoms with E-state index in [1.165, 1.54) is 29.4 Å². The van der Waals surface area contributed by atoms with Crippen LogP contribution in [0.4, 0.5) is 10.2 Å². The monoisotopic (exact) mass is 484 g/mol. The first-order chi connectivity index (χ1) is 16.3. The highest BCUT2D eigenvalue weighted by molar-refractivity contribution is 7.89. The summed E-state index contributed by atoms with van der Waals surface area (Å²) in [5.74, 6) is -0.799. The maximum absolute atomic E-state index is 14.0. The van der Waals surface area contributed by atoms with E-state index in [-0.39, 0.29) is 35.3 Å². The van der Waals surface area contributed by atoms with E-state index < -0.39 is 21.8 Å². The van der Waals surface area contributed by atoms with Crippen molar-refractivity contribution in [3.8, 4) is 0 Å². The Morgan fingerprint density at radius 1 is 1.24 bits per heavy atom. The van der Waals surface area contributed by atoms with Crippen molar-refractivity contribution in [2.45, 2.75) is 31.6 Å². The number of benzene rings is 1. The van der Waals surface area contributed by atoms with E-state index in [1.807, 2.05) is 13.0 Å². The van der Waals surface area contributed by atoms with Crippen molar-refractivity contribution in [2.24, 2.45) is 5.92 Å². The smallest absolute Gasteiger partial charge is 0.248 e. The minimum Gasteiger partial charge on any atom is -0.355 e. The highest BCUT2D eigenvalue weighted by Crippen LogP contribution is 2.30. The number of hydrogen-bond donors (Lipinski definition) is 1. The van der Waals surface area contributed by atoms with E-state index in [0.717, 1.165) is 5.56 Å². The van der Waals surface area contributed by atoms with Crippen LogP contribution in [0.1, 0.15) is 35.4 Å². The van der Waals surface area contributed by atoms with Gasteiger partial charge in [-0.1, -0.05) is 23.4 Å². The van der Waals surface area contributed by atoms with Crippen LogP contribution >= 0.6 is 0 Å². The molecule has 3 heterocycles. The average molecular weight is 485 g/mol. The van der Waals surface area contributed by atoms with Crippen LogP contribution in [0, 0.1) is 25.6 Å². The highest BCUT2D eigenvalue weighted by Gasteiger charge is 2.37. The Kier molecular flexibility index (Phi) is 6.90. The van der Waals surface area contributed by atoms with Crippen LogP contribution in [0.3, 0.4) is 0 Å². The van der Waals surface area contributed by atoms with Gasteiger partial charge in [-0.25, -0.2) is 17.8 Å². The largest absolute Gasteiger partial charge is 0.355 e. The number of anilines is 1. The van der Waals surface area contributed by atoms with Gasteiger partial charge in [-0.3, -0.25) is 4.79 Å². The second-order valence-electron chi connectivity index (χ2n) is 8.23. The minimum absolute atomic E-state index is 0.0105. The molecule has 8 nitrogen and oxygen atoms in total. The number of aromatic nitrogens is 2. The van der Waals surface area contributed by atoms with Gasteiger partial charge in [-0.2, -0.15) is 4.31 Å². The van der Waals surface area contributed by atoms with Gasteiger partial charge in [0.15, 0.2) is 10.7 Å². The molecule has 0 radical (unpaired) electrons. The molecule has 10 heteroatoms. The molecule has 0 spiro atoms. The predicted molar refractivity (Wildman–Crippen MR) is 126 cm³/mol. The highest BCUT2D eigenvalue weighted by atomic mass is 32.2. The number of aryl methyl sites for hydroxylation is 2. The first-order valence-corrected chi connectivity index (χ1v) is 12.3. The van der Waals surface area contributed by atoms with Gasteiger partial charge in [0.25, 0.3) is 0 Å². The molecule has 0 unspecified atom stereocenters. The number of amides is 1. The summed E-state index contributed by atoms with van der Waals surface area (Å²) in [6.07, 6.45) is 5.53. The third-order valence-corrected chi connectivity index (χ3v) is 7.70. The van der Waals surface area contributed by atoms with Crippen LogP contribution in [0.15, 0.2) is 52.0 Å². The fourth-order valence-electron chi connectivity index (χ4n) is 3.91. The third kappa shape index (κ3) is 5.07. The molecule has 4 rings (SSSR count). The Labute approximate surface area is 197 Å². The first-order valence-electron chi connectivity index (χ1n) is 10.9. The fraction of sp³-hybridized carbons (Fsp3) is 0.292. The SMILES string of the molecule is Cc1ccnc(NC(=O)[C@H]2CCCN(S(=O)(=O)c3c(C)noc3/C=C/c3ccccc3F)C2)c1. The molecule has 1 aliphatic rings. The standard InChI is InChI=1S/C24H25FN4O4S/c1-16-11-12-26-22(14-16)27-24(30)19-7-5-13-29(15-19)34(31,32)23-17(2)28-33-21(23)10-9-18-6-3-4-8-20(18)25/h3-4,6,8-12,14,19H,5,7,13,15H2,1-2H3,(H,26,27,30)/b10-9+/t19-/m0/s1. The lowest BCUT2D eigenvalue weighted by Gasteiger charge is -2.31. The first kappa shape index (κ1) is 23.8. The number of piperidine rings is 1. The molecule has 1 aromatic carbocycles. The Balaban J connectivity index is 1.54. The van der Waals surface area contributed by atoms with E-state index >= 15 is 0 Å². The number of rotatable bonds is 6. The van der Waals surface area contributed by atoms with Gasteiger partial charge in [0.05, 0.1) is 5.92 Å². The molecule has 1 saturated heterocycles. The summed E-state index contributed by atoms with van der Waals surface area (Å²) < 4.78 is 47.5. The topological polar surface area (TPSA) is 105 Å². The van der Waals surface area contributed by atoms with Crippen molar-refractivity contribution >= 4 is 33.9 Å². The molecule has 0 aliphatic carbocycles. The number of halogens is 1. The zero-order valence-electron chi connectivity index (χ0n) is 18.9. The number of carbonyl (C=O) groups excluding carboxylic acids is 1. The van der Waals surface area contributed by atoms with E-state index in [2.05, 4.69) is 15.5 Å². The number of pyridine rings is 1. The quantitative estimate of drug-likeness (QED) is 0.566. The van der Waals surface area contributed by atoms with Crippen molar-refractivity contribution < 1.29 is 22.1 Å². The number of sulfonamides is 1. The molecule has 0 bridgehead atoms. The minimum atomic E-state index is -4.00. The third-order valence-electron chi connectivity index (χ3n) is 5.67. The number of hydrogen-bond acceptors (Lipinski definition) is 6. The lowest BCUT2D eigenvalue weighted by Crippen LogP contribution is -2.44. The molecule has 1 amide bonds. The van der Waals surface area contributed by atoms with Crippen LogP contribution in [0.25, 0.3) is 12.2 Å². The molecule has 178 valence electrons. The molecule has 3 aromatic rings. The van der Waals surface area contributed by atoms with Crippen molar-refractivity contribution in [3.63, 3.8) is 0 Å². The van der Waals surface area contributed by atoms with Crippen molar-refractivity contribution in [1.29, 1.82) is 0 Å². The Bertz CT molecular complexity index is 1340. The number of nitrogens with one attached hydrogen (secondary N) is 1. The number of nitrogens with zero attached hydrogens (tertiary/aromatic N) is 3. The summed E-state index contributed by atoms with van der Waals surface area (Å²) in [6, 6.07) is 9.71. The zero-order valence-corrected chi connectivity index (χ0v) is 19.7. The summed E-state index contributed by atoms with van der Waals surface area (Å²) in [5.41, 5.74) is 1.44. The van der Waals surface area contributed by atoms with Crippen molar-refractivity contribution in [2.75, 3.05) is 18.4 Å². The second kappa shape index (κ2) is 9.86. The van der Waals surface area contributed by atoms with Crippen LogP contribution in [0.5, 0.6) is 0 Å². The van der Waals surface area contributed by atoms with Gasteiger partial charge >= 0.3 is 0 Å². The van der Waals surface area contributed by atoms with Gasteiger partial charge in [0.2, 0.25) is 15.9 Å². The van der Waals surface area contributed by atoms with Crippen LogP contribution in [0.2, 0.25) is 0 Å². The van der Waals surface area contributed by atoms with Crippen molar-refractivity contribution in [3.05, 3.63) is 71.0 Å². The lowest BCUT2D eigenvalue weighted by atomic mass is 9.99. The van der Waals surface area contributed by atoms with Gasteiger partial charge in [-0.15, -0.1) is 0 Å². The van der Waals surface area contributed by atoms with E-state index in [1.54, 1.807) is 30.5 Å². The summed E-state index contributed by atoms with van der Waals surface area (Å²) in [7, 11) is -4.00. The molecule has 34 heavy (non-hydrogen) atoms. The maximum Gasteiger partial charge on any atom is 0.248 e. The normalized spacial score (nSPS) is 17.2. The molecule has 2 aromatic heterocycles. The van der Waals surface area contributed by atoms with Gasteiger partial charge in [0, 0.05) is 24.8 Å². The summed E-state index contributed by atoms with van der Waals surface area (Å²) >= 11 is 0. The molecule has 1 atom stereocenters. The summed E-state index contributed by atoms with van der Waals surface area (Å²) in [4.78, 5) is 16.9. The van der Waals surface area contributed by atoms with Crippen molar-refractivity contribution in [1.82, 2.24) is 14.4 Å². The Morgan fingerprint density at radius 3 is 2.79 bits per heavy atom. The lowest BCUT2D eigenvalue weighted by molar-refractivity contribution is -0.120. The van der Waals surface area contributed by atoms with E-state index in [9.17, 15) is 17.6 Å².